The lowest BCUT2D eigenvalue weighted by atomic mass is 9.86. The summed E-state index contributed by atoms with van der Waals surface area (Å²) in [5.41, 5.74) is -0.336. The van der Waals surface area contributed by atoms with E-state index in [1.54, 1.807) is 25.4 Å². The van der Waals surface area contributed by atoms with E-state index in [1.807, 2.05) is 18.2 Å². The van der Waals surface area contributed by atoms with E-state index >= 15 is 0 Å². The van der Waals surface area contributed by atoms with E-state index in [0.717, 1.165) is 23.3 Å². The number of benzene rings is 2. The molecule has 0 saturated carbocycles. The first-order valence-corrected chi connectivity index (χ1v) is 9.55. The van der Waals surface area contributed by atoms with E-state index in [4.69, 9.17) is 11.6 Å². The maximum Gasteiger partial charge on any atom is 0.137 e. The molecule has 1 N–H and O–H groups in total. The molecular formula is C21H18ClF2N5O. The van der Waals surface area contributed by atoms with E-state index in [1.165, 1.54) is 28.1 Å². The summed E-state index contributed by atoms with van der Waals surface area (Å²) in [5.74, 6) is -1.59. The third-order valence-corrected chi connectivity index (χ3v) is 5.47. The second-order valence-electron chi connectivity index (χ2n) is 7.01. The summed E-state index contributed by atoms with van der Waals surface area (Å²) in [7, 11) is 0. The van der Waals surface area contributed by atoms with Crippen LogP contribution in [0.2, 0.25) is 5.02 Å². The largest absolute Gasteiger partial charge is 0.381 e. The quantitative estimate of drug-likeness (QED) is 0.498. The first-order chi connectivity index (χ1) is 14.4. The highest BCUT2D eigenvalue weighted by atomic mass is 35.5. The van der Waals surface area contributed by atoms with Crippen molar-refractivity contribution >= 4 is 11.6 Å². The van der Waals surface area contributed by atoms with Crippen molar-refractivity contribution in [2.75, 3.05) is 0 Å². The predicted octanol–water partition coefficient (Wildman–Crippen LogP) is 4.22. The molecule has 30 heavy (non-hydrogen) atoms. The van der Waals surface area contributed by atoms with Gasteiger partial charge in [0.05, 0.1) is 18.8 Å². The van der Waals surface area contributed by atoms with Gasteiger partial charge in [0, 0.05) is 34.0 Å². The number of halogens is 3. The highest BCUT2D eigenvalue weighted by Crippen LogP contribution is 2.37. The Morgan fingerprint density at radius 3 is 2.67 bits per heavy atom. The van der Waals surface area contributed by atoms with Crippen LogP contribution in [-0.2, 0) is 12.1 Å². The maximum absolute atomic E-state index is 14.7. The molecule has 0 radical (unpaired) electrons. The summed E-state index contributed by atoms with van der Waals surface area (Å²) in [4.78, 5) is 3.87. The van der Waals surface area contributed by atoms with Crippen LogP contribution in [0.5, 0.6) is 0 Å². The molecule has 6 nitrogen and oxygen atoms in total. The third-order valence-electron chi connectivity index (χ3n) is 5.14. The van der Waals surface area contributed by atoms with Crippen LogP contribution in [-0.4, -0.2) is 29.7 Å². The number of aliphatic hydroxyl groups is 1. The second-order valence-corrected chi connectivity index (χ2v) is 7.41. The molecule has 0 bridgehead atoms. The highest BCUT2D eigenvalue weighted by molar-refractivity contribution is 6.33. The third kappa shape index (κ3) is 3.71. The van der Waals surface area contributed by atoms with Gasteiger partial charge in [-0.15, -0.1) is 0 Å². The molecule has 4 rings (SSSR count). The Morgan fingerprint density at radius 1 is 1.17 bits per heavy atom. The Kier molecular flexibility index (Phi) is 5.36. The summed E-state index contributed by atoms with van der Waals surface area (Å²) >= 11 is 6.27. The fourth-order valence-electron chi connectivity index (χ4n) is 3.45. The van der Waals surface area contributed by atoms with Crippen LogP contribution >= 0.6 is 11.6 Å². The number of hydrogen-bond donors (Lipinski definition) is 1. The number of nitrogens with zero attached hydrogens (tertiary/aromatic N) is 5. The molecule has 2 aromatic carbocycles. The monoisotopic (exact) mass is 429 g/mol. The molecule has 0 aliphatic carbocycles. The van der Waals surface area contributed by atoms with Crippen LogP contribution in [0.1, 0.15) is 18.5 Å². The summed E-state index contributed by atoms with van der Waals surface area (Å²) in [5, 5.41) is 20.6. The maximum atomic E-state index is 14.7. The molecule has 0 spiro atoms. The van der Waals surface area contributed by atoms with Gasteiger partial charge < -0.3 is 5.11 Å². The molecule has 4 aromatic rings. The van der Waals surface area contributed by atoms with Crippen molar-refractivity contribution in [3.8, 4) is 11.1 Å². The lowest BCUT2D eigenvalue weighted by molar-refractivity contribution is -0.0368. The Labute approximate surface area is 176 Å². The summed E-state index contributed by atoms with van der Waals surface area (Å²) in [6.45, 7) is 1.58. The van der Waals surface area contributed by atoms with Gasteiger partial charge in [-0.2, -0.15) is 10.2 Å². The minimum atomic E-state index is -1.80. The van der Waals surface area contributed by atoms with Gasteiger partial charge in [0.2, 0.25) is 0 Å². The Hall–Kier alpha value is -3.10. The minimum Gasteiger partial charge on any atom is -0.381 e. The van der Waals surface area contributed by atoms with Gasteiger partial charge in [-0.3, -0.25) is 4.68 Å². The van der Waals surface area contributed by atoms with Gasteiger partial charge >= 0.3 is 0 Å². The molecule has 0 unspecified atom stereocenters. The molecule has 2 atom stereocenters. The molecule has 2 heterocycles. The number of hydrogen-bond acceptors (Lipinski definition) is 4. The Bertz CT molecular complexity index is 1160. The number of aromatic nitrogens is 5. The molecule has 0 aliphatic rings. The van der Waals surface area contributed by atoms with Gasteiger partial charge in [0.1, 0.15) is 29.9 Å². The summed E-state index contributed by atoms with van der Waals surface area (Å²) in [6, 6.07) is 9.66. The molecule has 9 heteroatoms. The summed E-state index contributed by atoms with van der Waals surface area (Å²) < 4.78 is 31.1. The molecule has 0 fully saturated rings. The number of rotatable bonds is 6. The average molecular weight is 430 g/mol. The lowest BCUT2D eigenvalue weighted by Gasteiger charge is -2.34. The van der Waals surface area contributed by atoms with Crippen molar-refractivity contribution in [1.82, 2.24) is 24.5 Å². The normalized spacial score (nSPS) is 14.4. The fraction of sp³-hybridized carbons (Fsp3) is 0.190. The minimum absolute atomic E-state index is 0.0679. The van der Waals surface area contributed by atoms with E-state index in [-0.39, 0.29) is 12.1 Å². The van der Waals surface area contributed by atoms with Crippen molar-refractivity contribution < 1.29 is 13.9 Å². The highest BCUT2D eigenvalue weighted by Gasteiger charge is 2.40. The smallest absolute Gasteiger partial charge is 0.137 e. The zero-order valence-electron chi connectivity index (χ0n) is 16.0. The molecule has 2 aromatic heterocycles. The van der Waals surface area contributed by atoms with Crippen LogP contribution in [0.4, 0.5) is 8.78 Å². The zero-order valence-corrected chi connectivity index (χ0v) is 16.7. The molecule has 154 valence electrons. The van der Waals surface area contributed by atoms with Gasteiger partial charge in [-0.25, -0.2) is 18.4 Å². The van der Waals surface area contributed by atoms with Crippen LogP contribution in [0.25, 0.3) is 11.1 Å². The standard InChI is InChI=1S/C21H18ClF2N5O/c1-14(29-10-15(9-26-29)17-4-2-3-5-19(17)22)21(30,11-28-13-25-12-27-28)18-7-6-16(23)8-20(18)24/h2-10,12-14,30H,11H2,1H3/t14-,21-/m1/s1. The second kappa shape index (κ2) is 7.97. The van der Waals surface area contributed by atoms with Gasteiger partial charge in [-0.05, 0) is 19.1 Å². The van der Waals surface area contributed by atoms with Gasteiger partial charge in [0.25, 0.3) is 0 Å². The van der Waals surface area contributed by atoms with Crippen molar-refractivity contribution in [2.24, 2.45) is 0 Å². The lowest BCUT2D eigenvalue weighted by Crippen LogP contribution is -2.40. The first kappa shape index (κ1) is 20.2. The first-order valence-electron chi connectivity index (χ1n) is 9.18. The van der Waals surface area contributed by atoms with Crippen LogP contribution in [0.15, 0.2) is 67.5 Å². The molecular weight excluding hydrogens is 412 g/mol. The van der Waals surface area contributed by atoms with Gasteiger partial charge in [0.15, 0.2) is 0 Å². The van der Waals surface area contributed by atoms with Crippen molar-refractivity contribution in [1.29, 1.82) is 0 Å². The predicted molar refractivity (Wildman–Crippen MR) is 108 cm³/mol. The average Bonchev–Trinajstić information content (AvgIpc) is 3.39. The zero-order chi connectivity index (χ0) is 21.3. The van der Waals surface area contributed by atoms with Crippen LogP contribution in [0, 0.1) is 11.6 Å². The molecule has 0 saturated heterocycles. The SMILES string of the molecule is C[C@@H](n1cc(-c2ccccc2Cl)cn1)[C@](O)(Cn1cncn1)c1ccc(F)cc1F. The molecule has 0 amide bonds. The van der Waals surface area contributed by atoms with E-state index in [0.29, 0.717) is 5.02 Å². The van der Waals surface area contributed by atoms with Crippen LogP contribution < -0.4 is 0 Å². The summed E-state index contributed by atoms with van der Waals surface area (Å²) in [6.07, 6.45) is 6.07. The van der Waals surface area contributed by atoms with E-state index in [2.05, 4.69) is 15.2 Å². The van der Waals surface area contributed by atoms with E-state index < -0.39 is 23.3 Å². The molecule has 0 aliphatic heterocycles. The van der Waals surface area contributed by atoms with Crippen molar-refractivity contribution in [2.45, 2.75) is 25.1 Å². The fourth-order valence-corrected chi connectivity index (χ4v) is 3.69. The van der Waals surface area contributed by atoms with Crippen LogP contribution in [0.3, 0.4) is 0 Å². The topological polar surface area (TPSA) is 68.8 Å². The Morgan fingerprint density at radius 2 is 1.97 bits per heavy atom. The van der Waals surface area contributed by atoms with Crippen molar-refractivity contribution in [3.05, 3.63) is 89.7 Å². The van der Waals surface area contributed by atoms with Crippen molar-refractivity contribution in [3.63, 3.8) is 0 Å². The van der Waals surface area contributed by atoms with E-state index in [9.17, 15) is 13.9 Å². The van der Waals surface area contributed by atoms with Gasteiger partial charge in [-0.1, -0.05) is 35.9 Å². The Balaban J connectivity index is 1.76.